The van der Waals surface area contributed by atoms with Crippen LogP contribution in [0.25, 0.3) is 0 Å². The fourth-order valence-corrected chi connectivity index (χ4v) is 2.40. The number of aryl methyl sites for hydroxylation is 3. The third kappa shape index (κ3) is 2.82. The van der Waals surface area contributed by atoms with Crippen molar-refractivity contribution >= 4 is 0 Å². The minimum atomic E-state index is -0.780. The van der Waals surface area contributed by atoms with Gasteiger partial charge in [0, 0.05) is 12.1 Å². The number of halogens is 2. The van der Waals surface area contributed by atoms with E-state index in [0.717, 1.165) is 12.1 Å². The molecule has 0 fully saturated rings. The minimum Gasteiger partial charge on any atom is -0.271 e. The van der Waals surface area contributed by atoms with Crippen molar-refractivity contribution in [3.05, 3.63) is 52.3 Å². The molecule has 0 amide bonds. The van der Waals surface area contributed by atoms with Crippen LogP contribution in [-0.2, 0) is 13.0 Å². The van der Waals surface area contributed by atoms with E-state index in [1.165, 1.54) is 12.1 Å². The molecule has 0 aliphatic carbocycles. The minimum absolute atomic E-state index is 0.0743. The van der Waals surface area contributed by atoms with Gasteiger partial charge in [-0.2, -0.15) is 5.10 Å². The summed E-state index contributed by atoms with van der Waals surface area (Å²) in [7, 11) is 0. The lowest BCUT2D eigenvalue weighted by Crippen LogP contribution is -2.32. The average molecular weight is 294 g/mol. The van der Waals surface area contributed by atoms with Gasteiger partial charge >= 0.3 is 0 Å². The molecule has 2 aromatic rings. The molecule has 1 aromatic heterocycles. The van der Waals surface area contributed by atoms with Crippen molar-refractivity contribution in [1.82, 2.24) is 15.2 Å². The Hall–Kier alpha value is -1.79. The summed E-state index contributed by atoms with van der Waals surface area (Å²) in [5.41, 5.74) is 4.33. The lowest BCUT2D eigenvalue weighted by Gasteiger charge is -2.19. The van der Waals surface area contributed by atoms with E-state index in [1.807, 2.05) is 19.9 Å². The van der Waals surface area contributed by atoms with Crippen LogP contribution in [0.5, 0.6) is 0 Å². The zero-order valence-electron chi connectivity index (χ0n) is 12.5. The number of hydrogen-bond acceptors (Lipinski definition) is 3. The van der Waals surface area contributed by atoms with Gasteiger partial charge in [0.05, 0.1) is 17.4 Å². The number of rotatable bonds is 5. The molecule has 3 N–H and O–H groups in total. The SMILES string of the molecule is CCc1cc(C(NN)c2c(F)ccc(C)c2F)n(CC)n1. The Morgan fingerprint density at radius 3 is 2.62 bits per heavy atom. The standard InChI is InChI=1S/C15H20F2N4/c1-4-10-8-12(21(5-2)20-10)15(19-18)13-11(16)7-6-9(3)14(13)17/h6-8,15,19H,4-5,18H2,1-3H3. The Balaban J connectivity index is 2.60. The molecule has 21 heavy (non-hydrogen) atoms. The molecule has 0 aliphatic rings. The van der Waals surface area contributed by atoms with Crippen molar-refractivity contribution < 1.29 is 8.78 Å². The van der Waals surface area contributed by atoms with E-state index in [1.54, 1.807) is 11.6 Å². The van der Waals surface area contributed by atoms with Gasteiger partial charge in [-0.15, -0.1) is 0 Å². The maximum Gasteiger partial charge on any atom is 0.134 e. The largest absolute Gasteiger partial charge is 0.271 e. The van der Waals surface area contributed by atoms with Crippen molar-refractivity contribution in [2.45, 2.75) is 39.8 Å². The highest BCUT2D eigenvalue weighted by Crippen LogP contribution is 2.28. The van der Waals surface area contributed by atoms with E-state index in [0.29, 0.717) is 17.8 Å². The molecule has 6 heteroatoms. The molecule has 1 atom stereocenters. The maximum atomic E-state index is 14.3. The summed E-state index contributed by atoms with van der Waals surface area (Å²) >= 11 is 0. The first-order valence-corrected chi connectivity index (χ1v) is 7.00. The van der Waals surface area contributed by atoms with Gasteiger partial charge in [0.2, 0.25) is 0 Å². The van der Waals surface area contributed by atoms with Crippen LogP contribution >= 0.6 is 0 Å². The van der Waals surface area contributed by atoms with Gasteiger partial charge < -0.3 is 0 Å². The van der Waals surface area contributed by atoms with Crippen molar-refractivity contribution in [2.24, 2.45) is 5.84 Å². The lowest BCUT2D eigenvalue weighted by atomic mass is 10.00. The quantitative estimate of drug-likeness (QED) is 0.658. The molecule has 0 saturated carbocycles. The molecule has 0 bridgehead atoms. The smallest absolute Gasteiger partial charge is 0.134 e. The highest BCUT2D eigenvalue weighted by atomic mass is 19.1. The van der Waals surface area contributed by atoms with Gasteiger partial charge in [-0.1, -0.05) is 13.0 Å². The number of hydrazine groups is 1. The molecular formula is C15H20F2N4. The molecule has 114 valence electrons. The Morgan fingerprint density at radius 2 is 2.05 bits per heavy atom. The highest BCUT2D eigenvalue weighted by molar-refractivity contribution is 5.34. The van der Waals surface area contributed by atoms with E-state index in [9.17, 15) is 8.78 Å². The van der Waals surface area contributed by atoms with Crippen molar-refractivity contribution in [3.8, 4) is 0 Å². The van der Waals surface area contributed by atoms with Gasteiger partial charge in [-0.25, -0.2) is 14.2 Å². The molecule has 0 spiro atoms. The number of nitrogens with zero attached hydrogens (tertiary/aromatic N) is 2. The fraction of sp³-hybridized carbons (Fsp3) is 0.400. The van der Waals surface area contributed by atoms with Crippen LogP contribution in [0.2, 0.25) is 0 Å². The molecule has 4 nitrogen and oxygen atoms in total. The lowest BCUT2D eigenvalue weighted by molar-refractivity contribution is 0.481. The predicted octanol–water partition coefficient (Wildman–Crippen LogP) is 2.60. The van der Waals surface area contributed by atoms with Crippen molar-refractivity contribution in [1.29, 1.82) is 0 Å². The van der Waals surface area contributed by atoms with Crippen LogP contribution in [0.4, 0.5) is 8.78 Å². The van der Waals surface area contributed by atoms with Gasteiger partial charge in [-0.05, 0) is 38.0 Å². The zero-order valence-corrected chi connectivity index (χ0v) is 12.5. The first kappa shape index (κ1) is 15.6. The summed E-state index contributed by atoms with van der Waals surface area (Å²) in [4.78, 5) is 0. The van der Waals surface area contributed by atoms with E-state index >= 15 is 0 Å². The molecule has 0 saturated heterocycles. The van der Waals surface area contributed by atoms with Gasteiger partial charge in [0.25, 0.3) is 0 Å². The fourth-order valence-electron chi connectivity index (χ4n) is 2.40. The Kier molecular flexibility index (Phi) is 4.69. The predicted molar refractivity (Wildman–Crippen MR) is 77.5 cm³/mol. The average Bonchev–Trinajstić information content (AvgIpc) is 2.90. The van der Waals surface area contributed by atoms with Crippen molar-refractivity contribution in [3.63, 3.8) is 0 Å². The first-order chi connectivity index (χ1) is 10.0. The summed E-state index contributed by atoms with van der Waals surface area (Å²) in [6, 6.07) is 3.72. The molecule has 0 radical (unpaired) electrons. The van der Waals surface area contributed by atoms with Crippen LogP contribution in [0.1, 0.15) is 42.4 Å². The van der Waals surface area contributed by atoms with Crippen molar-refractivity contribution in [2.75, 3.05) is 0 Å². The Labute approximate surface area is 122 Å². The van der Waals surface area contributed by atoms with E-state index in [2.05, 4.69) is 10.5 Å². The molecule has 2 rings (SSSR count). The molecule has 0 aliphatic heterocycles. The highest BCUT2D eigenvalue weighted by Gasteiger charge is 2.25. The second-order valence-electron chi connectivity index (χ2n) is 4.92. The van der Waals surface area contributed by atoms with E-state index in [4.69, 9.17) is 5.84 Å². The molecular weight excluding hydrogens is 274 g/mol. The molecule has 1 unspecified atom stereocenters. The van der Waals surface area contributed by atoms with E-state index < -0.39 is 17.7 Å². The van der Waals surface area contributed by atoms with Gasteiger partial charge in [0.15, 0.2) is 0 Å². The summed E-state index contributed by atoms with van der Waals surface area (Å²) in [5, 5.41) is 4.40. The van der Waals surface area contributed by atoms with E-state index in [-0.39, 0.29) is 5.56 Å². The summed E-state index contributed by atoms with van der Waals surface area (Å²) in [5.74, 6) is 4.37. The first-order valence-electron chi connectivity index (χ1n) is 7.00. The third-order valence-corrected chi connectivity index (χ3v) is 3.59. The number of aromatic nitrogens is 2. The van der Waals surface area contributed by atoms with Crippen LogP contribution in [0.15, 0.2) is 18.2 Å². The van der Waals surface area contributed by atoms with Gasteiger partial charge in [-0.3, -0.25) is 10.5 Å². The van der Waals surface area contributed by atoms with Gasteiger partial charge in [0.1, 0.15) is 11.6 Å². The molecule has 1 aromatic carbocycles. The normalized spacial score (nSPS) is 12.7. The van der Waals surface area contributed by atoms with Crippen LogP contribution in [0, 0.1) is 18.6 Å². The van der Waals surface area contributed by atoms with Crippen LogP contribution < -0.4 is 11.3 Å². The zero-order chi connectivity index (χ0) is 15.6. The number of hydrogen-bond donors (Lipinski definition) is 2. The second kappa shape index (κ2) is 6.32. The molecule has 1 heterocycles. The third-order valence-electron chi connectivity index (χ3n) is 3.59. The summed E-state index contributed by atoms with van der Waals surface area (Å²) < 4.78 is 30.2. The summed E-state index contributed by atoms with van der Waals surface area (Å²) in [6.07, 6.45) is 0.746. The Bertz CT molecular complexity index is 637. The van der Waals surface area contributed by atoms with Crippen LogP contribution in [-0.4, -0.2) is 9.78 Å². The maximum absolute atomic E-state index is 14.3. The summed E-state index contributed by atoms with van der Waals surface area (Å²) in [6.45, 7) is 6.10. The van der Waals surface area contributed by atoms with Crippen LogP contribution in [0.3, 0.4) is 0 Å². The number of benzene rings is 1. The Morgan fingerprint density at radius 1 is 1.33 bits per heavy atom. The number of nitrogens with one attached hydrogen (secondary N) is 1. The topological polar surface area (TPSA) is 55.9 Å². The number of nitrogens with two attached hydrogens (primary N) is 1. The second-order valence-corrected chi connectivity index (χ2v) is 4.92. The monoisotopic (exact) mass is 294 g/mol.